The zero-order valence-corrected chi connectivity index (χ0v) is 33.9. The van der Waals surface area contributed by atoms with E-state index in [0.717, 1.165) is 0 Å². The van der Waals surface area contributed by atoms with Crippen LogP contribution in [-0.4, -0.2) is 0 Å². The van der Waals surface area contributed by atoms with Crippen molar-refractivity contribution in [2.24, 2.45) is 0 Å². The molecule has 62 heavy (non-hydrogen) atoms. The molecule has 0 unspecified atom stereocenters. The minimum Gasteiger partial charge on any atom is -0.0616 e. The molecule has 0 amide bonds. The van der Waals surface area contributed by atoms with Crippen molar-refractivity contribution in [2.75, 3.05) is 0 Å². The van der Waals surface area contributed by atoms with Crippen LogP contribution in [0.5, 0.6) is 0 Å². The summed E-state index contributed by atoms with van der Waals surface area (Å²) in [5, 5.41) is 18.1. The van der Waals surface area contributed by atoms with E-state index in [9.17, 15) is 0 Å². The second-order valence-electron chi connectivity index (χ2n) is 16.8. The van der Waals surface area contributed by atoms with Crippen molar-refractivity contribution >= 4 is 75.4 Å². The number of benzene rings is 13. The summed E-state index contributed by atoms with van der Waals surface area (Å²) in [6.45, 7) is 0. The number of hydrogen-bond acceptors (Lipinski definition) is 0. The van der Waals surface area contributed by atoms with Gasteiger partial charge >= 0.3 is 0 Å². The monoisotopic (exact) mass is 782 g/mol. The van der Waals surface area contributed by atoms with Gasteiger partial charge in [0.2, 0.25) is 0 Å². The molecule has 0 aliphatic heterocycles. The van der Waals surface area contributed by atoms with E-state index >= 15 is 0 Å². The molecule has 0 nitrogen and oxygen atoms in total. The van der Waals surface area contributed by atoms with Gasteiger partial charge in [-0.1, -0.05) is 218 Å². The largest absolute Gasteiger partial charge is 0.0616 e. The van der Waals surface area contributed by atoms with Crippen LogP contribution in [0.15, 0.2) is 231 Å². The Morgan fingerprint density at radius 1 is 0.161 bits per heavy atom. The average molecular weight is 783 g/mol. The van der Waals surface area contributed by atoms with Crippen LogP contribution in [0.25, 0.3) is 131 Å². The zero-order chi connectivity index (χ0) is 40.7. The summed E-state index contributed by atoms with van der Waals surface area (Å²) in [5.74, 6) is 0. The molecule has 0 atom stereocenters. The average Bonchev–Trinajstić information content (AvgIpc) is 3.35. The van der Waals surface area contributed by atoms with Gasteiger partial charge in [-0.25, -0.2) is 0 Å². The maximum atomic E-state index is 2.35. The normalized spacial score (nSPS) is 11.9. The molecule has 13 aromatic rings. The zero-order valence-electron chi connectivity index (χ0n) is 33.9. The Morgan fingerprint density at radius 3 is 0.871 bits per heavy atom. The third-order valence-electron chi connectivity index (χ3n) is 13.4. The molecule has 0 saturated carbocycles. The third kappa shape index (κ3) is 5.54. The van der Waals surface area contributed by atoms with E-state index in [0.29, 0.717) is 0 Å². The number of fused-ring (bicyclic) bond motifs is 6. The molecule has 0 aliphatic rings. The Balaban J connectivity index is 0.821. The molecule has 0 N–H and O–H groups in total. The van der Waals surface area contributed by atoms with E-state index in [1.54, 1.807) is 0 Å². The Hall–Kier alpha value is -8.06. The molecular weight excluding hydrogens is 745 g/mol. The van der Waals surface area contributed by atoms with Gasteiger partial charge in [0.15, 0.2) is 0 Å². The molecular formula is C62H38. The highest BCUT2D eigenvalue weighted by Crippen LogP contribution is 2.43. The van der Waals surface area contributed by atoms with Crippen molar-refractivity contribution in [2.45, 2.75) is 0 Å². The highest BCUT2D eigenvalue weighted by atomic mass is 14.2. The highest BCUT2D eigenvalue weighted by molar-refractivity contribution is 6.27. The van der Waals surface area contributed by atoms with Crippen LogP contribution in [0.3, 0.4) is 0 Å². The molecule has 0 heteroatoms. The van der Waals surface area contributed by atoms with Gasteiger partial charge in [0.25, 0.3) is 0 Å². The van der Waals surface area contributed by atoms with Crippen LogP contribution in [0, 0.1) is 0 Å². The van der Waals surface area contributed by atoms with Crippen molar-refractivity contribution in [1.29, 1.82) is 0 Å². The van der Waals surface area contributed by atoms with Gasteiger partial charge in [-0.15, -0.1) is 0 Å². The minimum absolute atomic E-state index is 1.22. The first-order valence-corrected chi connectivity index (χ1v) is 21.6. The summed E-state index contributed by atoms with van der Waals surface area (Å²) in [5.41, 5.74) is 12.3. The Kier molecular flexibility index (Phi) is 7.71. The van der Waals surface area contributed by atoms with E-state index in [4.69, 9.17) is 0 Å². The summed E-state index contributed by atoms with van der Waals surface area (Å²) >= 11 is 0. The van der Waals surface area contributed by atoms with Crippen LogP contribution in [0.1, 0.15) is 0 Å². The van der Waals surface area contributed by atoms with Gasteiger partial charge in [0.1, 0.15) is 0 Å². The summed E-state index contributed by atoms with van der Waals surface area (Å²) in [7, 11) is 0. The van der Waals surface area contributed by atoms with Gasteiger partial charge in [-0.2, -0.15) is 0 Å². The predicted octanol–water partition coefficient (Wildman–Crippen LogP) is 17.5. The first kappa shape index (κ1) is 34.8. The molecule has 0 aromatic heterocycles. The molecule has 0 radical (unpaired) electrons. The summed E-state index contributed by atoms with van der Waals surface area (Å²) < 4.78 is 0. The van der Waals surface area contributed by atoms with Crippen LogP contribution in [0.4, 0.5) is 0 Å². The van der Waals surface area contributed by atoms with Crippen LogP contribution < -0.4 is 0 Å². The second-order valence-corrected chi connectivity index (χ2v) is 16.8. The minimum atomic E-state index is 1.22. The van der Waals surface area contributed by atoms with Crippen LogP contribution in [-0.2, 0) is 0 Å². The third-order valence-corrected chi connectivity index (χ3v) is 13.4. The lowest BCUT2D eigenvalue weighted by molar-refractivity contribution is 1.59. The van der Waals surface area contributed by atoms with Gasteiger partial charge < -0.3 is 0 Å². The molecule has 13 rings (SSSR count). The molecule has 13 aromatic carbocycles. The van der Waals surface area contributed by atoms with E-state index < -0.39 is 0 Å². The maximum Gasteiger partial charge on any atom is -0.00203 e. The molecule has 0 aliphatic carbocycles. The lowest BCUT2D eigenvalue weighted by Gasteiger charge is -2.17. The summed E-state index contributed by atoms with van der Waals surface area (Å²) in [6.07, 6.45) is 0. The SMILES string of the molecule is c1ccc2c(c1)ccc1ccc(-c3ccc(-c4ccc(-c5ccc6ccc7c(-c8ccc(-c9ccc%10ccc%11ccccc%11c%10c9)cc8)ccc8ccc5c6c87)cc4)cc3)cc12. The maximum absolute atomic E-state index is 2.35. The van der Waals surface area contributed by atoms with E-state index in [-0.39, 0.29) is 0 Å². The van der Waals surface area contributed by atoms with Gasteiger partial charge in [-0.3, -0.25) is 0 Å². The topological polar surface area (TPSA) is 0 Å². The van der Waals surface area contributed by atoms with Crippen molar-refractivity contribution in [3.63, 3.8) is 0 Å². The van der Waals surface area contributed by atoms with Crippen molar-refractivity contribution in [1.82, 2.24) is 0 Å². The molecule has 0 heterocycles. The fourth-order valence-electron chi connectivity index (χ4n) is 10.2. The summed E-state index contributed by atoms with van der Waals surface area (Å²) in [4.78, 5) is 0. The molecule has 0 saturated heterocycles. The van der Waals surface area contributed by atoms with E-state index in [1.165, 1.54) is 131 Å². The highest BCUT2D eigenvalue weighted by Gasteiger charge is 2.16. The van der Waals surface area contributed by atoms with E-state index in [1.807, 2.05) is 0 Å². The van der Waals surface area contributed by atoms with Gasteiger partial charge in [0, 0.05) is 0 Å². The Bertz CT molecular complexity index is 3870. The fourth-order valence-corrected chi connectivity index (χ4v) is 10.2. The second kappa shape index (κ2) is 13.7. The molecule has 286 valence electrons. The Labute approximate surface area is 359 Å². The Morgan fingerprint density at radius 2 is 0.452 bits per heavy atom. The smallest absolute Gasteiger partial charge is 0.00203 e. The quantitative estimate of drug-likeness (QED) is 0.153. The van der Waals surface area contributed by atoms with Crippen LogP contribution >= 0.6 is 0 Å². The number of rotatable bonds is 5. The lowest BCUT2D eigenvalue weighted by atomic mass is 9.87. The molecule has 0 spiro atoms. The molecule has 0 bridgehead atoms. The fraction of sp³-hybridized carbons (Fsp3) is 0. The van der Waals surface area contributed by atoms with Crippen LogP contribution in [0.2, 0.25) is 0 Å². The van der Waals surface area contributed by atoms with Crippen molar-refractivity contribution in [3.05, 3.63) is 231 Å². The van der Waals surface area contributed by atoms with E-state index in [2.05, 4.69) is 231 Å². The predicted molar refractivity (Wildman–Crippen MR) is 267 cm³/mol. The molecule has 0 fully saturated rings. The standard InChI is InChI=1S/C62H38/c1-3-7-53-43(5-1)21-23-47-25-27-51(37-59(47)53)41-11-9-39(10-12-41)40-13-17-45(18-14-40)55-33-29-49-32-36-58-56(34-30-50-31-35-57(55)61(49)62(50)58)46-19-15-42(16-20-46)52-28-26-48-24-22-44-6-2-4-8-54(44)60(48)38-52/h1-38H. The van der Waals surface area contributed by atoms with Gasteiger partial charge in [0.05, 0.1) is 0 Å². The first-order chi connectivity index (χ1) is 30.7. The van der Waals surface area contributed by atoms with Crippen molar-refractivity contribution in [3.8, 4) is 55.6 Å². The van der Waals surface area contributed by atoms with Crippen molar-refractivity contribution < 1.29 is 0 Å². The first-order valence-electron chi connectivity index (χ1n) is 21.6. The van der Waals surface area contributed by atoms with Gasteiger partial charge in [-0.05, 0) is 143 Å². The number of hydrogen-bond donors (Lipinski definition) is 0. The summed E-state index contributed by atoms with van der Waals surface area (Å²) in [6, 6.07) is 85.6. The lowest BCUT2D eigenvalue weighted by Crippen LogP contribution is -1.90.